The quantitative estimate of drug-likeness (QED) is 0.245. The van der Waals surface area contributed by atoms with Crippen LogP contribution in [0.1, 0.15) is 19.8 Å². The van der Waals surface area contributed by atoms with Gasteiger partial charge in [-0.25, -0.2) is 9.97 Å². The molecule has 1 N–H and O–H groups in total. The molecule has 0 aliphatic heterocycles. The highest BCUT2D eigenvalue weighted by molar-refractivity contribution is 7.99. The lowest BCUT2D eigenvalue weighted by atomic mass is 10.4. The van der Waals surface area contributed by atoms with Gasteiger partial charge in [-0.2, -0.15) is 0 Å². The number of nitrogens with one attached hydrogen (secondary N) is 1. The van der Waals surface area contributed by atoms with E-state index in [1.165, 1.54) is 18.1 Å². The van der Waals surface area contributed by atoms with Gasteiger partial charge in [0.05, 0.1) is 4.92 Å². The number of nitrogens with zero attached hydrogens (tertiary/aromatic N) is 3. The molecular formula is C11H18N4O3S. The Morgan fingerprint density at radius 2 is 2.32 bits per heavy atom. The molecule has 1 aromatic heterocycles. The molecule has 1 heterocycles. The molecule has 0 atom stereocenters. The molecule has 0 saturated heterocycles. The number of aromatic nitrogens is 2. The minimum atomic E-state index is -0.434. The zero-order valence-electron chi connectivity index (χ0n) is 11.1. The molecule has 0 fully saturated rings. The lowest BCUT2D eigenvalue weighted by Crippen LogP contribution is -2.07. The van der Waals surface area contributed by atoms with E-state index in [0.717, 1.165) is 18.6 Å². The number of thioether (sulfide) groups is 1. The Kier molecular flexibility index (Phi) is 7.12. The van der Waals surface area contributed by atoms with Gasteiger partial charge >= 0.3 is 5.69 Å². The van der Waals surface area contributed by atoms with Crippen molar-refractivity contribution in [2.75, 3.05) is 31.3 Å². The molecule has 0 saturated carbocycles. The van der Waals surface area contributed by atoms with E-state index in [-0.39, 0.29) is 11.5 Å². The number of anilines is 1. The molecule has 0 aliphatic carbocycles. The van der Waals surface area contributed by atoms with E-state index in [0.29, 0.717) is 18.2 Å². The summed E-state index contributed by atoms with van der Waals surface area (Å²) in [6, 6.07) is 0. The summed E-state index contributed by atoms with van der Waals surface area (Å²) in [7, 11) is 1.63. The first-order valence-corrected chi connectivity index (χ1v) is 7.04. The molecule has 19 heavy (non-hydrogen) atoms. The molecule has 0 aliphatic rings. The van der Waals surface area contributed by atoms with Crippen molar-refractivity contribution in [1.82, 2.24) is 9.97 Å². The molecule has 0 aromatic carbocycles. The van der Waals surface area contributed by atoms with Gasteiger partial charge in [0.1, 0.15) is 6.33 Å². The highest BCUT2D eigenvalue weighted by Crippen LogP contribution is 2.32. The zero-order valence-corrected chi connectivity index (χ0v) is 11.9. The fourth-order valence-corrected chi connectivity index (χ4v) is 2.26. The molecule has 0 amide bonds. The van der Waals surface area contributed by atoms with Crippen LogP contribution in [0.25, 0.3) is 0 Å². The topological polar surface area (TPSA) is 90.2 Å². The molecule has 8 heteroatoms. The summed E-state index contributed by atoms with van der Waals surface area (Å²) in [5.41, 5.74) is -0.0432. The van der Waals surface area contributed by atoms with Crippen LogP contribution in [0.4, 0.5) is 11.5 Å². The van der Waals surface area contributed by atoms with E-state index in [1.54, 1.807) is 7.11 Å². The average molecular weight is 286 g/mol. The second-order valence-electron chi connectivity index (χ2n) is 3.75. The summed E-state index contributed by atoms with van der Waals surface area (Å²) in [5.74, 6) is 1.01. The zero-order chi connectivity index (χ0) is 14.1. The lowest BCUT2D eigenvalue weighted by Gasteiger charge is -2.07. The van der Waals surface area contributed by atoms with E-state index >= 15 is 0 Å². The van der Waals surface area contributed by atoms with Gasteiger partial charge in [-0.15, -0.1) is 0 Å². The van der Waals surface area contributed by atoms with Crippen LogP contribution in [-0.4, -0.2) is 40.9 Å². The molecule has 1 rings (SSSR count). The van der Waals surface area contributed by atoms with Crippen LogP contribution in [0.3, 0.4) is 0 Å². The fraction of sp³-hybridized carbons (Fsp3) is 0.636. The monoisotopic (exact) mass is 286 g/mol. The fourth-order valence-electron chi connectivity index (χ4n) is 1.38. The largest absolute Gasteiger partial charge is 0.385 e. The van der Waals surface area contributed by atoms with Gasteiger partial charge in [-0.05, 0) is 12.8 Å². The number of ether oxygens (including phenoxy) is 1. The van der Waals surface area contributed by atoms with Crippen LogP contribution in [0.2, 0.25) is 0 Å². The van der Waals surface area contributed by atoms with Crippen LogP contribution in [-0.2, 0) is 4.74 Å². The Morgan fingerprint density at radius 3 is 2.95 bits per heavy atom. The average Bonchev–Trinajstić information content (AvgIpc) is 2.41. The van der Waals surface area contributed by atoms with Crippen LogP contribution in [0, 0.1) is 10.1 Å². The predicted molar refractivity (Wildman–Crippen MR) is 74.7 cm³/mol. The van der Waals surface area contributed by atoms with Gasteiger partial charge < -0.3 is 10.1 Å². The van der Waals surface area contributed by atoms with Crippen LogP contribution >= 0.6 is 11.8 Å². The summed E-state index contributed by atoms with van der Waals surface area (Å²) < 4.78 is 4.94. The molecule has 1 aromatic rings. The molecular weight excluding hydrogens is 268 g/mol. The number of hydrogen-bond acceptors (Lipinski definition) is 7. The third-order valence-corrected chi connectivity index (χ3v) is 3.31. The molecule has 0 bridgehead atoms. The van der Waals surface area contributed by atoms with Crippen molar-refractivity contribution in [1.29, 1.82) is 0 Å². The van der Waals surface area contributed by atoms with Crippen molar-refractivity contribution in [2.45, 2.75) is 24.8 Å². The van der Waals surface area contributed by atoms with Gasteiger partial charge in [0.15, 0.2) is 5.03 Å². The Labute approximate surface area is 116 Å². The molecule has 0 spiro atoms. The molecule has 106 valence electrons. The second kappa shape index (κ2) is 8.65. The van der Waals surface area contributed by atoms with Gasteiger partial charge in [0, 0.05) is 26.0 Å². The number of nitro groups is 1. The Morgan fingerprint density at radius 1 is 1.53 bits per heavy atom. The highest BCUT2D eigenvalue weighted by Gasteiger charge is 2.22. The van der Waals surface area contributed by atoms with E-state index in [2.05, 4.69) is 15.3 Å². The van der Waals surface area contributed by atoms with Crippen molar-refractivity contribution in [3.63, 3.8) is 0 Å². The van der Waals surface area contributed by atoms with E-state index in [9.17, 15) is 10.1 Å². The first-order chi connectivity index (χ1) is 9.20. The third kappa shape index (κ3) is 4.99. The highest BCUT2D eigenvalue weighted by atomic mass is 32.2. The first-order valence-electron chi connectivity index (χ1n) is 6.05. The van der Waals surface area contributed by atoms with Gasteiger partial charge in [-0.3, -0.25) is 10.1 Å². The Bertz CT molecular complexity index is 417. The van der Waals surface area contributed by atoms with Crippen LogP contribution in [0.5, 0.6) is 0 Å². The summed E-state index contributed by atoms with van der Waals surface area (Å²) >= 11 is 1.35. The summed E-state index contributed by atoms with van der Waals surface area (Å²) in [5, 5.41) is 14.5. The number of methoxy groups -OCH3 is 1. The SMILES string of the molecule is CCCNc1ncnc(SCCCOC)c1[N+](=O)[O-]. The van der Waals surface area contributed by atoms with E-state index in [1.807, 2.05) is 6.92 Å². The summed E-state index contributed by atoms with van der Waals surface area (Å²) in [6.45, 7) is 3.26. The minimum Gasteiger partial charge on any atom is -0.385 e. The standard InChI is InChI=1S/C11H18N4O3S/c1-3-5-12-10-9(15(16)17)11(14-8-13-10)19-7-4-6-18-2/h8H,3-7H2,1-2H3,(H,12,13,14). The maximum Gasteiger partial charge on any atom is 0.343 e. The maximum atomic E-state index is 11.1. The van der Waals surface area contributed by atoms with Crippen molar-refractivity contribution in [3.05, 3.63) is 16.4 Å². The van der Waals surface area contributed by atoms with Crippen LogP contribution in [0.15, 0.2) is 11.4 Å². The summed E-state index contributed by atoms with van der Waals surface area (Å²) in [4.78, 5) is 18.6. The van der Waals surface area contributed by atoms with Gasteiger partial charge in [-0.1, -0.05) is 18.7 Å². The smallest absolute Gasteiger partial charge is 0.343 e. The number of hydrogen-bond donors (Lipinski definition) is 1. The molecule has 0 unspecified atom stereocenters. The Balaban J connectivity index is 2.80. The second-order valence-corrected chi connectivity index (χ2v) is 4.84. The van der Waals surface area contributed by atoms with E-state index in [4.69, 9.17) is 4.74 Å². The van der Waals surface area contributed by atoms with Gasteiger partial charge in [0.2, 0.25) is 5.82 Å². The van der Waals surface area contributed by atoms with Crippen molar-refractivity contribution in [2.24, 2.45) is 0 Å². The summed E-state index contributed by atoms with van der Waals surface area (Å²) in [6.07, 6.45) is 3.04. The maximum absolute atomic E-state index is 11.1. The van der Waals surface area contributed by atoms with Gasteiger partial charge in [0.25, 0.3) is 0 Å². The van der Waals surface area contributed by atoms with E-state index < -0.39 is 4.92 Å². The predicted octanol–water partition coefficient (Wildman–Crippen LogP) is 2.34. The first kappa shape index (κ1) is 15.6. The third-order valence-electron chi connectivity index (χ3n) is 2.25. The van der Waals surface area contributed by atoms with Crippen molar-refractivity contribution >= 4 is 23.3 Å². The molecule has 0 radical (unpaired) electrons. The van der Waals surface area contributed by atoms with Crippen molar-refractivity contribution in [3.8, 4) is 0 Å². The number of rotatable bonds is 9. The van der Waals surface area contributed by atoms with Crippen LogP contribution < -0.4 is 5.32 Å². The minimum absolute atomic E-state index is 0.0432. The molecule has 7 nitrogen and oxygen atoms in total. The normalized spacial score (nSPS) is 10.4. The Hall–Kier alpha value is -1.41. The van der Waals surface area contributed by atoms with Crippen molar-refractivity contribution < 1.29 is 9.66 Å². The lowest BCUT2D eigenvalue weighted by molar-refractivity contribution is -0.387.